The van der Waals surface area contributed by atoms with Crippen LogP contribution < -0.4 is 9.13 Å². The van der Waals surface area contributed by atoms with Crippen molar-refractivity contribution in [3.8, 4) is 11.1 Å². The Labute approximate surface area is 167 Å². The Kier molecular flexibility index (Phi) is 5.29. The predicted molar refractivity (Wildman–Crippen MR) is 113 cm³/mol. The molecule has 28 heavy (non-hydrogen) atoms. The topological polar surface area (TPSA) is 7.76 Å². The maximum absolute atomic E-state index is 2.24. The summed E-state index contributed by atoms with van der Waals surface area (Å²) in [6, 6.07) is 26.1. The van der Waals surface area contributed by atoms with E-state index < -0.39 is 0 Å². The van der Waals surface area contributed by atoms with Crippen LogP contribution in [0.1, 0.15) is 22.3 Å². The molecule has 2 aromatic carbocycles. The number of hydrogen-bond acceptors (Lipinski definition) is 0. The summed E-state index contributed by atoms with van der Waals surface area (Å²) >= 11 is 0. The van der Waals surface area contributed by atoms with Crippen LogP contribution in [-0.4, -0.2) is 0 Å². The second-order valence-corrected chi connectivity index (χ2v) is 7.41. The summed E-state index contributed by atoms with van der Waals surface area (Å²) in [4.78, 5) is 0. The molecule has 0 saturated carbocycles. The zero-order valence-electron chi connectivity index (χ0n) is 16.5. The number of pyridine rings is 2. The summed E-state index contributed by atoms with van der Waals surface area (Å²) in [6.45, 7) is 5.97. The summed E-state index contributed by atoms with van der Waals surface area (Å²) in [6.07, 6.45) is 8.61. The summed E-state index contributed by atoms with van der Waals surface area (Å²) in [5.74, 6) is 0. The van der Waals surface area contributed by atoms with E-state index in [2.05, 4.69) is 121 Å². The Balaban J connectivity index is 1.69. The molecule has 138 valence electrons. The molecule has 0 unspecified atom stereocenters. The Bertz CT molecular complexity index is 975. The van der Waals surface area contributed by atoms with E-state index in [1.807, 2.05) is 0 Å². The van der Waals surface area contributed by atoms with E-state index in [1.54, 1.807) is 0 Å². The summed E-state index contributed by atoms with van der Waals surface area (Å²) in [5.41, 5.74) is 7.84. The first-order valence-corrected chi connectivity index (χ1v) is 9.77. The molecule has 0 radical (unpaired) electrons. The molecule has 0 aliphatic carbocycles. The number of aromatic nitrogens is 2. The number of nitrogens with zero attached hydrogens (tertiary/aromatic N) is 2. The SMILES string of the molecule is Cc1cc[n+](Cc2ccccc2-c2ccccc2C[n+]2ccc(C)cc2)cc1. The van der Waals surface area contributed by atoms with Crippen LogP contribution in [0.4, 0.5) is 0 Å². The lowest BCUT2D eigenvalue weighted by Gasteiger charge is -2.11. The van der Waals surface area contributed by atoms with E-state index >= 15 is 0 Å². The van der Waals surface area contributed by atoms with Crippen molar-refractivity contribution in [2.24, 2.45) is 0 Å². The molecule has 4 aromatic rings. The van der Waals surface area contributed by atoms with Gasteiger partial charge in [0.15, 0.2) is 37.9 Å². The van der Waals surface area contributed by atoms with E-state index in [4.69, 9.17) is 0 Å². The van der Waals surface area contributed by atoms with Crippen LogP contribution in [0, 0.1) is 13.8 Å². The molecule has 0 spiro atoms. The highest BCUT2D eigenvalue weighted by Crippen LogP contribution is 2.27. The molecule has 0 aliphatic rings. The maximum atomic E-state index is 2.24. The van der Waals surface area contributed by atoms with Gasteiger partial charge in [0.25, 0.3) is 0 Å². The van der Waals surface area contributed by atoms with Gasteiger partial charge in [-0.05, 0) is 36.1 Å². The molecule has 0 amide bonds. The Morgan fingerprint density at radius 1 is 0.500 bits per heavy atom. The molecule has 0 saturated heterocycles. The number of rotatable bonds is 5. The fourth-order valence-corrected chi connectivity index (χ4v) is 3.51. The van der Waals surface area contributed by atoms with E-state index in [0.29, 0.717) is 0 Å². The first kappa shape index (κ1) is 18.1. The van der Waals surface area contributed by atoms with Crippen molar-refractivity contribution < 1.29 is 9.13 Å². The van der Waals surface area contributed by atoms with Crippen molar-refractivity contribution in [2.75, 3.05) is 0 Å². The zero-order chi connectivity index (χ0) is 19.3. The highest BCUT2D eigenvalue weighted by molar-refractivity contribution is 5.70. The minimum atomic E-state index is 0.864. The molecule has 0 fully saturated rings. The van der Waals surface area contributed by atoms with Gasteiger partial charge in [-0.25, -0.2) is 9.13 Å². The van der Waals surface area contributed by atoms with Crippen molar-refractivity contribution in [1.29, 1.82) is 0 Å². The highest BCUT2D eigenvalue weighted by Gasteiger charge is 2.14. The third-order valence-electron chi connectivity index (χ3n) is 5.15. The van der Waals surface area contributed by atoms with Gasteiger partial charge in [0.1, 0.15) is 0 Å². The first-order chi connectivity index (χ1) is 13.7. The number of aryl methyl sites for hydroxylation is 2. The summed E-state index contributed by atoms with van der Waals surface area (Å²) in [7, 11) is 0. The predicted octanol–water partition coefficient (Wildman–Crippen LogP) is 4.64. The van der Waals surface area contributed by atoms with Gasteiger partial charge in [-0.15, -0.1) is 0 Å². The van der Waals surface area contributed by atoms with Gasteiger partial charge in [-0.1, -0.05) is 48.5 Å². The smallest absolute Gasteiger partial charge is 0.174 e. The van der Waals surface area contributed by atoms with Crippen LogP contribution in [0.15, 0.2) is 97.6 Å². The largest absolute Gasteiger partial charge is 0.201 e. The van der Waals surface area contributed by atoms with Crippen LogP contribution in [-0.2, 0) is 13.1 Å². The third kappa shape index (κ3) is 4.17. The number of hydrogen-bond donors (Lipinski definition) is 0. The summed E-state index contributed by atoms with van der Waals surface area (Å²) < 4.78 is 4.48. The van der Waals surface area contributed by atoms with Crippen LogP contribution in [0.2, 0.25) is 0 Å². The molecule has 2 heterocycles. The summed E-state index contributed by atoms with van der Waals surface area (Å²) in [5, 5.41) is 0. The van der Waals surface area contributed by atoms with Gasteiger partial charge in [0, 0.05) is 35.4 Å². The quantitative estimate of drug-likeness (QED) is 0.455. The van der Waals surface area contributed by atoms with Gasteiger partial charge in [-0.3, -0.25) is 0 Å². The van der Waals surface area contributed by atoms with Crippen molar-refractivity contribution in [2.45, 2.75) is 26.9 Å². The first-order valence-electron chi connectivity index (χ1n) is 9.77. The minimum absolute atomic E-state index is 0.864. The molecule has 0 N–H and O–H groups in total. The molecular formula is C26H26N2+2. The van der Waals surface area contributed by atoms with Crippen molar-refractivity contribution in [3.05, 3.63) is 120 Å². The zero-order valence-corrected chi connectivity index (χ0v) is 16.5. The average molecular weight is 367 g/mol. The van der Waals surface area contributed by atoms with Gasteiger partial charge < -0.3 is 0 Å². The normalized spacial score (nSPS) is 10.8. The van der Waals surface area contributed by atoms with Crippen molar-refractivity contribution in [3.63, 3.8) is 0 Å². The molecule has 2 heteroatoms. The van der Waals surface area contributed by atoms with Crippen LogP contribution in [0.3, 0.4) is 0 Å². The number of benzene rings is 2. The second kappa shape index (κ2) is 8.18. The minimum Gasteiger partial charge on any atom is -0.201 e. The average Bonchev–Trinajstić information content (AvgIpc) is 2.72. The molecule has 4 rings (SSSR count). The molecular weight excluding hydrogens is 340 g/mol. The van der Waals surface area contributed by atoms with E-state index in [0.717, 1.165) is 13.1 Å². The standard InChI is InChI=1S/C26H26N2/c1-21-11-15-27(16-12-21)19-23-7-3-5-9-25(23)26-10-6-4-8-24(26)20-28-17-13-22(2)14-18-28/h3-18H,19-20H2,1-2H3/q+2. The maximum Gasteiger partial charge on any atom is 0.174 e. The van der Waals surface area contributed by atoms with Gasteiger partial charge in [0.2, 0.25) is 0 Å². The monoisotopic (exact) mass is 366 g/mol. The van der Waals surface area contributed by atoms with Gasteiger partial charge >= 0.3 is 0 Å². The molecule has 0 bridgehead atoms. The van der Waals surface area contributed by atoms with Crippen LogP contribution in [0.5, 0.6) is 0 Å². The Morgan fingerprint density at radius 2 is 0.857 bits per heavy atom. The van der Waals surface area contributed by atoms with E-state index in [1.165, 1.54) is 33.4 Å². The molecule has 0 atom stereocenters. The van der Waals surface area contributed by atoms with Crippen LogP contribution in [0.25, 0.3) is 11.1 Å². The molecule has 2 nitrogen and oxygen atoms in total. The van der Waals surface area contributed by atoms with E-state index in [9.17, 15) is 0 Å². The third-order valence-corrected chi connectivity index (χ3v) is 5.15. The fraction of sp³-hybridized carbons (Fsp3) is 0.154. The lowest BCUT2D eigenvalue weighted by molar-refractivity contribution is -0.688. The lowest BCUT2D eigenvalue weighted by atomic mass is 9.95. The highest BCUT2D eigenvalue weighted by atomic mass is 14.9. The van der Waals surface area contributed by atoms with Gasteiger partial charge in [0.05, 0.1) is 0 Å². The lowest BCUT2D eigenvalue weighted by Crippen LogP contribution is -2.34. The Hall–Kier alpha value is -3.26. The van der Waals surface area contributed by atoms with Crippen molar-refractivity contribution in [1.82, 2.24) is 0 Å². The Morgan fingerprint density at radius 3 is 1.25 bits per heavy atom. The molecule has 2 aromatic heterocycles. The van der Waals surface area contributed by atoms with Crippen molar-refractivity contribution >= 4 is 0 Å². The van der Waals surface area contributed by atoms with Crippen LogP contribution >= 0.6 is 0 Å². The van der Waals surface area contributed by atoms with E-state index in [-0.39, 0.29) is 0 Å². The molecule has 0 aliphatic heterocycles. The second-order valence-electron chi connectivity index (χ2n) is 7.41. The fourth-order valence-electron chi connectivity index (χ4n) is 3.51. The van der Waals surface area contributed by atoms with Gasteiger partial charge in [-0.2, -0.15) is 0 Å².